The monoisotopic (exact) mass is 485 g/mol. The van der Waals surface area contributed by atoms with Crippen molar-refractivity contribution < 1.29 is 41.6 Å². The van der Waals surface area contributed by atoms with Crippen LogP contribution < -0.4 is 11.4 Å². The zero-order valence-corrected chi connectivity index (χ0v) is 19.3. The third-order valence-electron chi connectivity index (χ3n) is 4.20. The molecule has 4 atom stereocenters. The number of phosphoric acid groups is 1. The lowest BCUT2D eigenvalue weighted by Gasteiger charge is -2.19. The number of carbonyl (C=O) groups is 1. The van der Waals surface area contributed by atoms with Gasteiger partial charge in [0, 0.05) is 12.6 Å². The summed E-state index contributed by atoms with van der Waals surface area (Å²) in [6, 6.07) is 1.16. The highest BCUT2D eigenvalue weighted by atomic mass is 31.2. The summed E-state index contributed by atoms with van der Waals surface area (Å²) in [6.07, 6.45) is -2.97. The summed E-state index contributed by atoms with van der Waals surface area (Å²) < 4.78 is 60.5. The average molecular weight is 485 g/mol. The molecule has 2 unspecified atom stereocenters. The summed E-state index contributed by atoms with van der Waals surface area (Å²) in [5.41, 5.74) is 4.32. The SMILES string of the molecule is CC.CCOC(=O)[C@@H](C)CCOP(=O)(O)OCC1CC(F)(F)[C@H](n2ccc(N)nc2=O)O1. The van der Waals surface area contributed by atoms with Crippen LogP contribution >= 0.6 is 7.82 Å². The molecular weight excluding hydrogens is 455 g/mol. The average Bonchev–Trinajstić information content (AvgIpc) is 3.02. The van der Waals surface area contributed by atoms with E-state index in [1.165, 1.54) is 0 Å². The molecule has 2 rings (SSSR count). The van der Waals surface area contributed by atoms with Gasteiger partial charge in [0.1, 0.15) is 5.82 Å². The Bertz CT molecular complexity index is 854. The van der Waals surface area contributed by atoms with Crippen LogP contribution in [0.1, 0.15) is 46.8 Å². The molecule has 3 N–H and O–H groups in total. The second kappa shape index (κ2) is 12.4. The first kappa shape index (κ1) is 28.1. The highest BCUT2D eigenvalue weighted by molar-refractivity contribution is 7.47. The lowest BCUT2D eigenvalue weighted by molar-refractivity contribution is -0.147. The standard InChI is InChI=1S/C16H24F2N3O8P.C2H6/c1-3-26-13(22)10(2)5-7-27-30(24,25)28-9-11-8-16(17,18)14(29-11)21-6-4-12(19)20-15(21)23;1-2/h4,6,10-11,14H,3,5,7-9H2,1-2H3,(H,24,25)(H2,19,20,23);1-2H3/t10-,11?,14+;/m0./s1. The van der Waals surface area contributed by atoms with Crippen LogP contribution in [0.15, 0.2) is 17.1 Å². The summed E-state index contributed by atoms with van der Waals surface area (Å²) in [4.78, 5) is 36.3. The second-order valence-electron chi connectivity index (χ2n) is 6.66. The number of ether oxygens (including phenoxy) is 2. The van der Waals surface area contributed by atoms with E-state index in [0.29, 0.717) is 4.57 Å². The maximum atomic E-state index is 14.3. The van der Waals surface area contributed by atoms with Crippen LogP contribution in [0.5, 0.6) is 0 Å². The lowest BCUT2D eigenvalue weighted by atomic mass is 10.1. The molecule has 0 amide bonds. The maximum absolute atomic E-state index is 14.3. The van der Waals surface area contributed by atoms with E-state index in [0.717, 1.165) is 12.3 Å². The van der Waals surface area contributed by atoms with Gasteiger partial charge in [-0.15, -0.1) is 0 Å². The number of anilines is 1. The quantitative estimate of drug-likeness (QED) is 0.373. The highest BCUT2D eigenvalue weighted by Crippen LogP contribution is 2.47. The third-order valence-corrected chi connectivity index (χ3v) is 5.19. The molecule has 14 heteroatoms. The molecule has 0 bridgehead atoms. The topological polar surface area (TPSA) is 152 Å². The number of esters is 1. The van der Waals surface area contributed by atoms with E-state index in [9.17, 15) is 27.8 Å². The van der Waals surface area contributed by atoms with Crippen molar-refractivity contribution in [2.45, 2.75) is 58.8 Å². The van der Waals surface area contributed by atoms with Gasteiger partial charge >= 0.3 is 19.5 Å². The largest absolute Gasteiger partial charge is 0.472 e. The van der Waals surface area contributed by atoms with Gasteiger partial charge in [0.15, 0.2) is 0 Å². The first-order valence-electron chi connectivity index (χ1n) is 10.1. The molecule has 1 aromatic rings. The molecule has 0 aliphatic carbocycles. The van der Waals surface area contributed by atoms with E-state index >= 15 is 0 Å². The summed E-state index contributed by atoms with van der Waals surface area (Å²) in [5.74, 6) is -4.62. The molecule has 184 valence electrons. The van der Waals surface area contributed by atoms with Gasteiger partial charge in [-0.1, -0.05) is 20.8 Å². The number of nitrogens with two attached hydrogens (primary N) is 1. The lowest BCUT2D eigenvalue weighted by Crippen LogP contribution is -2.35. The molecular formula is C18H30F2N3O8P. The molecule has 1 aliphatic heterocycles. The van der Waals surface area contributed by atoms with Crippen LogP contribution in [-0.4, -0.2) is 52.3 Å². The fourth-order valence-corrected chi connectivity index (χ4v) is 3.43. The zero-order chi connectivity index (χ0) is 24.5. The first-order valence-corrected chi connectivity index (χ1v) is 11.6. The van der Waals surface area contributed by atoms with Gasteiger partial charge in [-0.05, 0) is 19.4 Å². The summed E-state index contributed by atoms with van der Waals surface area (Å²) in [6.45, 7) is 6.45. The molecule has 0 aromatic carbocycles. The Kier molecular flexibility index (Phi) is 10.9. The maximum Gasteiger partial charge on any atom is 0.472 e. The Morgan fingerprint density at radius 2 is 2.12 bits per heavy atom. The van der Waals surface area contributed by atoms with E-state index in [-0.39, 0.29) is 25.5 Å². The van der Waals surface area contributed by atoms with Gasteiger partial charge in [-0.3, -0.25) is 18.4 Å². The van der Waals surface area contributed by atoms with Crippen molar-refractivity contribution in [3.63, 3.8) is 0 Å². The van der Waals surface area contributed by atoms with E-state index in [4.69, 9.17) is 24.3 Å². The number of rotatable bonds is 10. The van der Waals surface area contributed by atoms with Gasteiger partial charge in [-0.25, -0.2) is 18.1 Å². The minimum Gasteiger partial charge on any atom is -0.466 e. The van der Waals surface area contributed by atoms with Gasteiger partial charge in [0.2, 0.25) is 6.23 Å². The molecule has 32 heavy (non-hydrogen) atoms. The van der Waals surface area contributed by atoms with E-state index < -0.39 is 56.7 Å². The van der Waals surface area contributed by atoms with Gasteiger partial charge in [0.25, 0.3) is 5.92 Å². The minimum atomic E-state index is -4.57. The van der Waals surface area contributed by atoms with Crippen molar-refractivity contribution in [3.05, 3.63) is 22.7 Å². The molecule has 1 aliphatic rings. The third kappa shape index (κ3) is 8.21. The minimum absolute atomic E-state index is 0.0971. The summed E-state index contributed by atoms with van der Waals surface area (Å²) in [5, 5.41) is 0. The second-order valence-corrected chi connectivity index (χ2v) is 8.11. The first-order chi connectivity index (χ1) is 14.9. The van der Waals surface area contributed by atoms with Crippen molar-refractivity contribution >= 4 is 19.6 Å². The molecule has 0 saturated carbocycles. The number of nitrogen functional groups attached to an aromatic ring is 1. The Morgan fingerprint density at radius 1 is 1.47 bits per heavy atom. The molecule has 11 nitrogen and oxygen atoms in total. The number of alkyl halides is 2. The van der Waals surface area contributed by atoms with E-state index in [1.807, 2.05) is 13.8 Å². The predicted octanol–water partition coefficient (Wildman–Crippen LogP) is 2.50. The summed E-state index contributed by atoms with van der Waals surface area (Å²) >= 11 is 0. The molecule has 0 radical (unpaired) electrons. The Morgan fingerprint density at radius 3 is 2.72 bits per heavy atom. The fraction of sp³-hybridized carbons (Fsp3) is 0.722. The molecule has 2 heterocycles. The number of carbonyl (C=O) groups excluding carboxylic acids is 1. The van der Waals surface area contributed by atoms with Crippen LogP contribution in [-0.2, 0) is 27.9 Å². The normalized spacial score (nSPS) is 22.3. The number of hydrogen-bond acceptors (Lipinski definition) is 9. The Balaban J connectivity index is 0.00000249. The van der Waals surface area contributed by atoms with E-state index in [2.05, 4.69) is 4.98 Å². The fourth-order valence-electron chi connectivity index (χ4n) is 2.67. The van der Waals surface area contributed by atoms with Gasteiger partial charge < -0.3 is 20.1 Å². The van der Waals surface area contributed by atoms with Crippen LogP contribution in [0.2, 0.25) is 0 Å². The number of nitrogens with zero attached hydrogens (tertiary/aromatic N) is 2. The Labute approximate surface area is 184 Å². The zero-order valence-electron chi connectivity index (χ0n) is 18.4. The summed E-state index contributed by atoms with van der Waals surface area (Å²) in [7, 11) is -4.57. The molecule has 1 fully saturated rings. The van der Waals surface area contributed by atoms with Crippen LogP contribution in [0.4, 0.5) is 14.6 Å². The highest BCUT2D eigenvalue weighted by Gasteiger charge is 2.52. The number of hydrogen-bond donors (Lipinski definition) is 2. The van der Waals surface area contributed by atoms with Gasteiger partial charge in [-0.2, -0.15) is 4.98 Å². The van der Waals surface area contributed by atoms with Crippen molar-refractivity contribution in [1.29, 1.82) is 0 Å². The predicted molar refractivity (Wildman–Crippen MR) is 110 cm³/mol. The van der Waals surface area contributed by atoms with E-state index in [1.54, 1.807) is 13.8 Å². The van der Waals surface area contributed by atoms with Crippen molar-refractivity contribution in [2.24, 2.45) is 5.92 Å². The van der Waals surface area contributed by atoms with Gasteiger partial charge in [0.05, 0.1) is 31.8 Å². The van der Waals surface area contributed by atoms with Crippen LogP contribution in [0.3, 0.4) is 0 Å². The smallest absolute Gasteiger partial charge is 0.466 e. The van der Waals surface area contributed by atoms with Crippen LogP contribution in [0.25, 0.3) is 0 Å². The Hall–Kier alpha value is -1.92. The number of phosphoric ester groups is 1. The number of halogens is 2. The van der Waals surface area contributed by atoms with Crippen LogP contribution in [0, 0.1) is 5.92 Å². The molecule has 1 aromatic heterocycles. The van der Waals surface area contributed by atoms with Crippen molar-refractivity contribution in [3.8, 4) is 0 Å². The number of aromatic nitrogens is 2. The molecule has 1 saturated heterocycles. The van der Waals surface area contributed by atoms with Crippen molar-refractivity contribution in [2.75, 3.05) is 25.6 Å². The van der Waals surface area contributed by atoms with Crippen molar-refractivity contribution in [1.82, 2.24) is 9.55 Å². The molecule has 0 spiro atoms.